The van der Waals surface area contributed by atoms with Gasteiger partial charge in [0.1, 0.15) is 0 Å². The van der Waals surface area contributed by atoms with Gasteiger partial charge in [0.2, 0.25) is 0 Å². The molecule has 1 fully saturated rings. The molecule has 1 unspecified atom stereocenters. The lowest BCUT2D eigenvalue weighted by Gasteiger charge is -2.26. The molecule has 0 bridgehead atoms. The monoisotopic (exact) mass is 226 g/mol. The molecule has 0 aromatic carbocycles. The standard InChI is InChI=1S/C14H30N2/c1-6-14(4,5)15-8-10-16-9-7-13(11-16)12(2)3/h12-13,15H,6-11H2,1-5H3. The van der Waals surface area contributed by atoms with Gasteiger partial charge in [-0.1, -0.05) is 20.8 Å². The van der Waals surface area contributed by atoms with E-state index >= 15 is 0 Å². The summed E-state index contributed by atoms with van der Waals surface area (Å²) in [4.78, 5) is 2.61. The largest absolute Gasteiger partial charge is 0.311 e. The van der Waals surface area contributed by atoms with E-state index in [4.69, 9.17) is 0 Å². The van der Waals surface area contributed by atoms with Crippen LogP contribution in [0.4, 0.5) is 0 Å². The summed E-state index contributed by atoms with van der Waals surface area (Å²) in [5.41, 5.74) is 0.303. The molecule has 0 amide bonds. The number of nitrogens with zero attached hydrogens (tertiary/aromatic N) is 1. The van der Waals surface area contributed by atoms with Crippen LogP contribution in [-0.4, -0.2) is 36.6 Å². The van der Waals surface area contributed by atoms with E-state index in [0.29, 0.717) is 5.54 Å². The van der Waals surface area contributed by atoms with Crippen LogP contribution in [0, 0.1) is 11.8 Å². The van der Waals surface area contributed by atoms with Gasteiger partial charge in [-0.25, -0.2) is 0 Å². The van der Waals surface area contributed by atoms with Crippen LogP contribution in [-0.2, 0) is 0 Å². The summed E-state index contributed by atoms with van der Waals surface area (Å²) in [5, 5.41) is 3.64. The normalized spacial score (nSPS) is 23.2. The third kappa shape index (κ3) is 4.42. The quantitative estimate of drug-likeness (QED) is 0.749. The third-order valence-corrected chi connectivity index (χ3v) is 4.17. The van der Waals surface area contributed by atoms with Crippen LogP contribution in [0.2, 0.25) is 0 Å². The number of rotatable bonds is 6. The second-order valence-corrected chi connectivity index (χ2v) is 6.26. The summed E-state index contributed by atoms with van der Waals surface area (Å²) in [6.45, 7) is 16.5. The molecule has 0 aliphatic carbocycles. The van der Waals surface area contributed by atoms with Crippen LogP contribution >= 0.6 is 0 Å². The molecule has 1 heterocycles. The van der Waals surface area contributed by atoms with Crippen molar-refractivity contribution in [1.29, 1.82) is 0 Å². The van der Waals surface area contributed by atoms with E-state index < -0.39 is 0 Å². The van der Waals surface area contributed by atoms with E-state index in [2.05, 4.69) is 44.8 Å². The highest BCUT2D eigenvalue weighted by Gasteiger charge is 2.24. The summed E-state index contributed by atoms with van der Waals surface area (Å²) in [7, 11) is 0. The summed E-state index contributed by atoms with van der Waals surface area (Å²) >= 11 is 0. The average molecular weight is 226 g/mol. The molecule has 1 aliphatic heterocycles. The Hall–Kier alpha value is -0.0800. The van der Waals surface area contributed by atoms with Crippen LogP contribution in [0.1, 0.15) is 47.5 Å². The van der Waals surface area contributed by atoms with E-state index in [1.54, 1.807) is 0 Å². The number of hydrogen-bond acceptors (Lipinski definition) is 2. The van der Waals surface area contributed by atoms with Gasteiger partial charge in [-0.3, -0.25) is 0 Å². The molecule has 96 valence electrons. The van der Waals surface area contributed by atoms with Gasteiger partial charge in [0.25, 0.3) is 0 Å². The minimum Gasteiger partial charge on any atom is -0.311 e. The molecule has 0 radical (unpaired) electrons. The first-order valence-corrected chi connectivity index (χ1v) is 6.92. The molecule has 16 heavy (non-hydrogen) atoms. The first-order chi connectivity index (χ1) is 7.44. The molecule has 0 aromatic rings. The van der Waals surface area contributed by atoms with Gasteiger partial charge in [-0.15, -0.1) is 0 Å². The van der Waals surface area contributed by atoms with Crippen molar-refractivity contribution in [1.82, 2.24) is 10.2 Å². The number of nitrogens with one attached hydrogen (secondary N) is 1. The lowest BCUT2D eigenvalue weighted by molar-refractivity contribution is 0.280. The second kappa shape index (κ2) is 6.02. The highest BCUT2D eigenvalue weighted by molar-refractivity contribution is 4.80. The molecule has 0 aromatic heterocycles. The maximum absolute atomic E-state index is 3.64. The maximum Gasteiger partial charge on any atom is 0.0123 e. The van der Waals surface area contributed by atoms with E-state index in [9.17, 15) is 0 Å². The smallest absolute Gasteiger partial charge is 0.0123 e. The summed E-state index contributed by atoms with van der Waals surface area (Å²) in [6.07, 6.45) is 2.59. The maximum atomic E-state index is 3.64. The van der Waals surface area contributed by atoms with Gasteiger partial charge in [-0.2, -0.15) is 0 Å². The molecule has 2 nitrogen and oxygen atoms in total. The fraction of sp³-hybridized carbons (Fsp3) is 1.00. The SMILES string of the molecule is CCC(C)(C)NCCN1CCC(C(C)C)C1. The van der Waals surface area contributed by atoms with E-state index in [-0.39, 0.29) is 0 Å². The van der Waals surface area contributed by atoms with Crippen molar-refractivity contribution >= 4 is 0 Å². The lowest BCUT2D eigenvalue weighted by atomic mass is 9.95. The second-order valence-electron chi connectivity index (χ2n) is 6.26. The average Bonchev–Trinajstić information content (AvgIpc) is 2.66. The first-order valence-electron chi connectivity index (χ1n) is 6.92. The fourth-order valence-corrected chi connectivity index (χ4v) is 2.29. The van der Waals surface area contributed by atoms with Crippen molar-refractivity contribution in [2.24, 2.45) is 11.8 Å². The summed E-state index contributed by atoms with van der Waals surface area (Å²) < 4.78 is 0. The van der Waals surface area contributed by atoms with Gasteiger partial charge in [-0.05, 0) is 45.1 Å². The molecule has 1 saturated heterocycles. The highest BCUT2D eigenvalue weighted by Crippen LogP contribution is 2.23. The minimum absolute atomic E-state index is 0.303. The Morgan fingerprint density at radius 2 is 2.06 bits per heavy atom. The van der Waals surface area contributed by atoms with Crippen LogP contribution in [0.5, 0.6) is 0 Å². The third-order valence-electron chi connectivity index (χ3n) is 4.17. The highest BCUT2D eigenvalue weighted by atomic mass is 15.2. The number of likely N-dealkylation sites (tertiary alicyclic amines) is 1. The Bertz CT molecular complexity index is 199. The van der Waals surface area contributed by atoms with Crippen molar-refractivity contribution in [3.63, 3.8) is 0 Å². The molecule has 2 heteroatoms. The van der Waals surface area contributed by atoms with Crippen molar-refractivity contribution in [2.75, 3.05) is 26.2 Å². The van der Waals surface area contributed by atoms with E-state index in [0.717, 1.165) is 18.4 Å². The Morgan fingerprint density at radius 3 is 2.56 bits per heavy atom. The summed E-state index contributed by atoms with van der Waals surface area (Å²) in [6, 6.07) is 0. The van der Waals surface area contributed by atoms with Gasteiger partial charge in [0.15, 0.2) is 0 Å². The zero-order valence-electron chi connectivity index (χ0n) is 11.8. The molecule has 1 rings (SSSR count). The van der Waals surface area contributed by atoms with Gasteiger partial charge in [0.05, 0.1) is 0 Å². The molecule has 1 aliphatic rings. The zero-order chi connectivity index (χ0) is 12.2. The first kappa shape index (κ1) is 14.0. The number of hydrogen-bond donors (Lipinski definition) is 1. The molecule has 0 saturated carbocycles. The molecule has 1 N–H and O–H groups in total. The zero-order valence-corrected chi connectivity index (χ0v) is 11.8. The minimum atomic E-state index is 0.303. The van der Waals surface area contributed by atoms with E-state index in [1.165, 1.54) is 32.5 Å². The van der Waals surface area contributed by atoms with Crippen LogP contribution in [0.15, 0.2) is 0 Å². The predicted octanol–water partition coefficient (Wildman–Crippen LogP) is 2.74. The predicted molar refractivity (Wildman–Crippen MR) is 71.8 cm³/mol. The Balaban J connectivity index is 2.16. The van der Waals surface area contributed by atoms with Crippen molar-refractivity contribution in [3.05, 3.63) is 0 Å². The Kier molecular flexibility index (Phi) is 5.26. The van der Waals surface area contributed by atoms with Crippen molar-refractivity contribution in [3.8, 4) is 0 Å². The van der Waals surface area contributed by atoms with Crippen LogP contribution in [0.25, 0.3) is 0 Å². The fourth-order valence-electron chi connectivity index (χ4n) is 2.29. The molecule has 1 atom stereocenters. The van der Waals surface area contributed by atoms with Gasteiger partial charge in [0, 0.05) is 25.2 Å². The molecular weight excluding hydrogens is 196 g/mol. The van der Waals surface area contributed by atoms with Crippen molar-refractivity contribution < 1.29 is 0 Å². The molecular formula is C14H30N2. The van der Waals surface area contributed by atoms with Crippen molar-refractivity contribution in [2.45, 2.75) is 53.0 Å². The van der Waals surface area contributed by atoms with E-state index in [1.807, 2.05) is 0 Å². The Morgan fingerprint density at radius 1 is 1.38 bits per heavy atom. The van der Waals surface area contributed by atoms with Crippen LogP contribution < -0.4 is 5.32 Å². The topological polar surface area (TPSA) is 15.3 Å². The van der Waals surface area contributed by atoms with Gasteiger partial charge >= 0.3 is 0 Å². The van der Waals surface area contributed by atoms with Gasteiger partial charge < -0.3 is 10.2 Å². The Labute approximate surface area is 102 Å². The van der Waals surface area contributed by atoms with Crippen LogP contribution in [0.3, 0.4) is 0 Å². The lowest BCUT2D eigenvalue weighted by Crippen LogP contribution is -2.42. The summed E-state index contributed by atoms with van der Waals surface area (Å²) in [5.74, 6) is 1.78. The molecule has 0 spiro atoms.